The fourth-order valence-electron chi connectivity index (χ4n) is 3.24. The number of nitrogens with one attached hydrogen (secondary N) is 2. The number of carbonyl (C=O) groups is 2. The monoisotopic (exact) mass is 410 g/mol. The maximum Gasteiger partial charge on any atom is 0.293 e. The summed E-state index contributed by atoms with van der Waals surface area (Å²) in [6, 6.07) is 22.4. The van der Waals surface area contributed by atoms with Gasteiger partial charge < -0.3 is 15.1 Å². The van der Waals surface area contributed by atoms with Crippen LogP contribution in [0.1, 0.15) is 27.2 Å². The van der Waals surface area contributed by atoms with Gasteiger partial charge in [-0.05, 0) is 60.9 Å². The van der Waals surface area contributed by atoms with Crippen LogP contribution in [0.25, 0.3) is 17.0 Å². The SMILES string of the molecule is Cc1ccc(NC(=O)c2oc3ccccc3c2NC(=O)C=Cc2ccccc2)cc1C. The van der Waals surface area contributed by atoms with Gasteiger partial charge in [-0.3, -0.25) is 9.59 Å². The minimum absolute atomic E-state index is 0.0564. The van der Waals surface area contributed by atoms with E-state index >= 15 is 0 Å². The predicted octanol–water partition coefficient (Wildman–Crippen LogP) is 5.95. The van der Waals surface area contributed by atoms with Gasteiger partial charge in [0.2, 0.25) is 11.7 Å². The van der Waals surface area contributed by atoms with Crippen LogP contribution >= 0.6 is 0 Å². The van der Waals surface area contributed by atoms with Crippen molar-refractivity contribution in [2.24, 2.45) is 0 Å². The van der Waals surface area contributed by atoms with E-state index in [-0.39, 0.29) is 11.7 Å². The lowest BCUT2D eigenvalue weighted by atomic mass is 10.1. The molecule has 2 N–H and O–H groups in total. The largest absolute Gasteiger partial charge is 0.449 e. The van der Waals surface area contributed by atoms with E-state index in [0.29, 0.717) is 22.3 Å². The van der Waals surface area contributed by atoms with Gasteiger partial charge in [0, 0.05) is 17.1 Å². The van der Waals surface area contributed by atoms with Crippen molar-refractivity contribution in [2.75, 3.05) is 10.6 Å². The van der Waals surface area contributed by atoms with E-state index in [9.17, 15) is 9.59 Å². The number of fused-ring (bicyclic) bond motifs is 1. The van der Waals surface area contributed by atoms with Crippen molar-refractivity contribution in [1.29, 1.82) is 0 Å². The van der Waals surface area contributed by atoms with Crippen LogP contribution in [0.2, 0.25) is 0 Å². The average molecular weight is 410 g/mol. The molecular formula is C26H22N2O3. The molecule has 31 heavy (non-hydrogen) atoms. The number of anilines is 2. The first kappa shape index (κ1) is 20.2. The highest BCUT2D eigenvalue weighted by atomic mass is 16.3. The Labute approximate surface area is 180 Å². The summed E-state index contributed by atoms with van der Waals surface area (Å²) in [5.74, 6) is -0.724. The Balaban J connectivity index is 1.62. The van der Waals surface area contributed by atoms with E-state index in [0.717, 1.165) is 16.7 Å². The molecule has 4 aromatic rings. The second-order valence-corrected chi connectivity index (χ2v) is 7.29. The minimum Gasteiger partial charge on any atom is -0.449 e. The van der Waals surface area contributed by atoms with Crippen molar-refractivity contribution in [2.45, 2.75) is 13.8 Å². The van der Waals surface area contributed by atoms with Crippen LogP contribution < -0.4 is 10.6 Å². The Morgan fingerprint density at radius 1 is 0.839 bits per heavy atom. The Morgan fingerprint density at radius 2 is 1.58 bits per heavy atom. The first-order valence-electron chi connectivity index (χ1n) is 9.95. The summed E-state index contributed by atoms with van der Waals surface area (Å²) in [6.07, 6.45) is 3.15. The molecule has 0 bridgehead atoms. The quantitative estimate of drug-likeness (QED) is 0.399. The molecule has 0 atom stereocenters. The molecule has 5 nitrogen and oxygen atoms in total. The zero-order valence-electron chi connectivity index (χ0n) is 17.3. The van der Waals surface area contributed by atoms with Crippen molar-refractivity contribution in [3.05, 3.63) is 101 Å². The van der Waals surface area contributed by atoms with Gasteiger partial charge in [-0.2, -0.15) is 0 Å². The fraction of sp³-hybridized carbons (Fsp3) is 0.0769. The van der Waals surface area contributed by atoms with Crippen LogP contribution in [0.5, 0.6) is 0 Å². The van der Waals surface area contributed by atoms with Gasteiger partial charge in [0.1, 0.15) is 11.3 Å². The number of hydrogen-bond donors (Lipinski definition) is 2. The maximum atomic E-state index is 13.0. The summed E-state index contributed by atoms with van der Waals surface area (Å²) >= 11 is 0. The Bertz CT molecular complexity index is 1290. The molecule has 0 unspecified atom stereocenters. The number of carbonyl (C=O) groups excluding carboxylic acids is 2. The fourth-order valence-corrected chi connectivity index (χ4v) is 3.24. The highest BCUT2D eigenvalue weighted by Gasteiger charge is 2.22. The van der Waals surface area contributed by atoms with Crippen LogP contribution in [-0.4, -0.2) is 11.8 Å². The molecule has 2 amide bonds. The first-order chi connectivity index (χ1) is 15.0. The molecule has 0 radical (unpaired) electrons. The average Bonchev–Trinajstić information content (AvgIpc) is 3.14. The highest BCUT2D eigenvalue weighted by molar-refractivity contribution is 6.16. The summed E-state index contributed by atoms with van der Waals surface area (Å²) in [5.41, 5.74) is 4.65. The van der Waals surface area contributed by atoms with Gasteiger partial charge in [-0.1, -0.05) is 48.5 Å². The summed E-state index contributed by atoms with van der Waals surface area (Å²) in [5, 5.41) is 6.33. The molecule has 0 saturated carbocycles. The second kappa shape index (κ2) is 8.71. The van der Waals surface area contributed by atoms with Gasteiger partial charge in [0.25, 0.3) is 5.91 Å². The Kier molecular flexibility index (Phi) is 5.67. The lowest BCUT2D eigenvalue weighted by Gasteiger charge is -2.08. The molecule has 0 aliphatic rings. The van der Waals surface area contributed by atoms with Gasteiger partial charge in [-0.25, -0.2) is 0 Å². The van der Waals surface area contributed by atoms with Gasteiger partial charge in [-0.15, -0.1) is 0 Å². The summed E-state index contributed by atoms with van der Waals surface area (Å²) in [4.78, 5) is 25.6. The lowest BCUT2D eigenvalue weighted by Crippen LogP contribution is -2.16. The highest BCUT2D eigenvalue weighted by Crippen LogP contribution is 2.31. The van der Waals surface area contributed by atoms with E-state index in [1.54, 1.807) is 12.1 Å². The van der Waals surface area contributed by atoms with Crippen LogP contribution in [-0.2, 0) is 4.79 Å². The van der Waals surface area contributed by atoms with Crippen molar-refractivity contribution in [3.63, 3.8) is 0 Å². The molecule has 0 aliphatic carbocycles. The zero-order chi connectivity index (χ0) is 21.8. The third-order valence-electron chi connectivity index (χ3n) is 5.04. The van der Waals surface area contributed by atoms with Crippen LogP contribution in [0, 0.1) is 13.8 Å². The number of hydrogen-bond acceptors (Lipinski definition) is 3. The molecule has 0 fully saturated rings. The van der Waals surface area contributed by atoms with Gasteiger partial charge in [0.15, 0.2) is 0 Å². The van der Waals surface area contributed by atoms with E-state index in [1.807, 2.05) is 80.6 Å². The number of benzene rings is 3. The summed E-state index contributed by atoms with van der Waals surface area (Å²) < 4.78 is 5.80. The van der Waals surface area contributed by atoms with E-state index < -0.39 is 5.91 Å². The minimum atomic E-state index is -0.429. The first-order valence-corrected chi connectivity index (χ1v) is 9.95. The number of aryl methyl sites for hydroxylation is 2. The third kappa shape index (κ3) is 4.56. The molecule has 3 aromatic carbocycles. The predicted molar refractivity (Wildman–Crippen MR) is 124 cm³/mol. The van der Waals surface area contributed by atoms with Crippen LogP contribution in [0.15, 0.2) is 83.3 Å². The molecular weight excluding hydrogens is 388 g/mol. The topological polar surface area (TPSA) is 71.3 Å². The van der Waals surface area contributed by atoms with E-state index in [1.165, 1.54) is 6.08 Å². The number of amides is 2. The molecule has 0 spiro atoms. The normalized spacial score (nSPS) is 11.0. The van der Waals surface area contributed by atoms with Crippen LogP contribution in [0.3, 0.4) is 0 Å². The van der Waals surface area contributed by atoms with Crippen molar-refractivity contribution < 1.29 is 14.0 Å². The second-order valence-electron chi connectivity index (χ2n) is 7.29. The number of furan rings is 1. The van der Waals surface area contributed by atoms with Crippen molar-refractivity contribution in [3.8, 4) is 0 Å². The molecule has 154 valence electrons. The summed E-state index contributed by atoms with van der Waals surface area (Å²) in [7, 11) is 0. The van der Waals surface area contributed by atoms with E-state index in [2.05, 4.69) is 10.6 Å². The van der Waals surface area contributed by atoms with Crippen LogP contribution in [0.4, 0.5) is 11.4 Å². The molecule has 1 aromatic heterocycles. The van der Waals surface area contributed by atoms with E-state index in [4.69, 9.17) is 4.42 Å². The van der Waals surface area contributed by atoms with Crippen molar-refractivity contribution in [1.82, 2.24) is 0 Å². The zero-order valence-corrected chi connectivity index (χ0v) is 17.3. The maximum absolute atomic E-state index is 13.0. The molecule has 0 aliphatic heterocycles. The molecule has 5 heteroatoms. The third-order valence-corrected chi connectivity index (χ3v) is 5.04. The number of rotatable bonds is 5. The van der Waals surface area contributed by atoms with Gasteiger partial charge in [0.05, 0.1) is 0 Å². The molecule has 1 heterocycles. The lowest BCUT2D eigenvalue weighted by molar-refractivity contribution is -0.111. The number of para-hydroxylation sites is 1. The van der Waals surface area contributed by atoms with Crippen molar-refractivity contribution >= 4 is 40.2 Å². The van der Waals surface area contributed by atoms with Gasteiger partial charge >= 0.3 is 0 Å². The molecule has 4 rings (SSSR count). The smallest absolute Gasteiger partial charge is 0.293 e. The standard InChI is InChI=1S/C26H22N2O3/c1-17-12-14-20(16-18(17)2)27-26(30)25-24(21-10-6-7-11-22(21)31-25)28-23(29)15-13-19-8-4-3-5-9-19/h3-16H,1-2H3,(H,27,30)(H,28,29). The Hall–Kier alpha value is -4.12. The summed E-state index contributed by atoms with van der Waals surface area (Å²) in [6.45, 7) is 3.99. The Morgan fingerprint density at radius 3 is 2.35 bits per heavy atom. The molecule has 0 saturated heterocycles.